The number of nitriles is 1. The van der Waals surface area contributed by atoms with Crippen molar-refractivity contribution in [1.82, 2.24) is 0 Å². The molecule has 2 aromatic rings. The molecule has 0 unspecified atom stereocenters. The summed E-state index contributed by atoms with van der Waals surface area (Å²) in [6.07, 6.45) is 0.780. The topological polar surface area (TPSA) is 62.1 Å². The zero-order valence-corrected chi connectivity index (χ0v) is 18.7. The summed E-state index contributed by atoms with van der Waals surface area (Å²) < 4.78 is 44.2. The van der Waals surface area contributed by atoms with Crippen molar-refractivity contribution in [3.05, 3.63) is 63.1 Å². The van der Waals surface area contributed by atoms with Gasteiger partial charge in [0.1, 0.15) is 11.6 Å². The van der Waals surface area contributed by atoms with Crippen LogP contribution in [0.3, 0.4) is 0 Å². The van der Waals surface area contributed by atoms with E-state index < -0.39 is 17.6 Å². The molecule has 0 aliphatic carbocycles. The Bertz CT molecular complexity index is 1010. The van der Waals surface area contributed by atoms with Gasteiger partial charge in [-0.2, -0.15) is 18.4 Å². The number of nitrogens with zero attached hydrogens (tertiary/aromatic N) is 1. The Morgan fingerprint density at radius 2 is 1.84 bits per heavy atom. The van der Waals surface area contributed by atoms with E-state index in [1.54, 1.807) is 6.07 Å². The number of anilines is 1. The minimum Gasteiger partial charge on any atom is -0.490 e. The molecule has 0 aromatic heterocycles. The molecule has 32 heavy (non-hydrogen) atoms. The molecule has 4 nitrogen and oxygen atoms in total. The van der Waals surface area contributed by atoms with Crippen LogP contribution < -0.4 is 10.1 Å². The number of nitrogens with one attached hydrogen (secondary N) is 1. The number of unbranched alkanes of at least 4 members (excludes halogenated alkanes) is 3. The quantitative estimate of drug-likeness (QED) is 0.227. The summed E-state index contributed by atoms with van der Waals surface area (Å²) in [5, 5.41) is 12.1. The molecule has 0 fully saturated rings. The number of hydrogen-bond acceptors (Lipinski definition) is 3. The van der Waals surface area contributed by atoms with Crippen LogP contribution in [-0.2, 0) is 11.0 Å². The number of halogens is 5. The average Bonchev–Trinajstić information content (AvgIpc) is 2.73. The lowest BCUT2D eigenvalue weighted by atomic mass is 10.1. The zero-order chi connectivity index (χ0) is 23.7. The molecule has 170 valence electrons. The Labute approximate surface area is 194 Å². The second kappa shape index (κ2) is 11.8. The van der Waals surface area contributed by atoms with E-state index in [9.17, 15) is 23.2 Å². The molecule has 0 bridgehead atoms. The van der Waals surface area contributed by atoms with E-state index in [2.05, 4.69) is 12.2 Å². The minimum atomic E-state index is -4.55. The number of carbonyl (C=O) groups excluding carboxylic acids is 1. The van der Waals surface area contributed by atoms with Crippen molar-refractivity contribution in [2.75, 3.05) is 11.9 Å². The fourth-order valence-corrected chi connectivity index (χ4v) is 3.40. The van der Waals surface area contributed by atoms with Crippen LogP contribution in [0.15, 0.2) is 42.0 Å². The molecule has 0 heterocycles. The normalized spacial score (nSPS) is 11.7. The van der Waals surface area contributed by atoms with Gasteiger partial charge in [0.15, 0.2) is 5.75 Å². The first kappa shape index (κ1) is 25.6. The molecule has 1 N–H and O–H groups in total. The molecule has 0 aliphatic heterocycles. The largest absolute Gasteiger partial charge is 0.490 e. The highest BCUT2D eigenvalue weighted by atomic mass is 35.5. The van der Waals surface area contributed by atoms with Gasteiger partial charge in [0.05, 0.1) is 22.2 Å². The molecular weight excluding hydrogens is 464 g/mol. The molecule has 9 heteroatoms. The van der Waals surface area contributed by atoms with Crippen LogP contribution in [0.1, 0.15) is 43.7 Å². The highest BCUT2D eigenvalue weighted by Gasteiger charge is 2.30. The van der Waals surface area contributed by atoms with Gasteiger partial charge in [0.2, 0.25) is 0 Å². The smallest absolute Gasteiger partial charge is 0.416 e. The third kappa shape index (κ3) is 7.47. The highest BCUT2D eigenvalue weighted by Crippen LogP contribution is 2.35. The van der Waals surface area contributed by atoms with Gasteiger partial charge < -0.3 is 10.1 Å². The maximum absolute atomic E-state index is 12.8. The van der Waals surface area contributed by atoms with Gasteiger partial charge in [-0.05, 0) is 48.4 Å². The molecule has 0 atom stereocenters. The standard InChI is InChI=1S/C23H21Cl2F3N2O2/c1-2-3-4-5-9-32-21-19(24)11-15(12-20(21)25)10-16(14-29)22(31)30-18-8-6-7-17(13-18)23(26,27)28/h6-8,10-13H,2-5,9H2,1H3,(H,30,31)/b16-10+. The summed E-state index contributed by atoms with van der Waals surface area (Å²) in [5.41, 5.74) is -0.965. The van der Waals surface area contributed by atoms with Crippen LogP contribution in [0.2, 0.25) is 10.0 Å². The summed E-state index contributed by atoms with van der Waals surface area (Å²) in [4.78, 5) is 12.4. The lowest BCUT2D eigenvalue weighted by Crippen LogP contribution is -2.14. The Hall–Kier alpha value is -2.69. The molecule has 0 aliphatic rings. The van der Waals surface area contributed by atoms with Crippen LogP contribution in [0.25, 0.3) is 6.08 Å². The fraction of sp³-hybridized carbons (Fsp3) is 0.304. The Morgan fingerprint density at radius 1 is 1.16 bits per heavy atom. The average molecular weight is 485 g/mol. The van der Waals surface area contributed by atoms with E-state index in [-0.39, 0.29) is 21.3 Å². The molecule has 0 spiro atoms. The van der Waals surface area contributed by atoms with E-state index in [1.165, 1.54) is 24.3 Å². The Balaban J connectivity index is 2.15. The number of amides is 1. The summed E-state index contributed by atoms with van der Waals surface area (Å²) >= 11 is 12.5. The van der Waals surface area contributed by atoms with E-state index in [1.807, 2.05) is 0 Å². The molecule has 2 aromatic carbocycles. The van der Waals surface area contributed by atoms with E-state index >= 15 is 0 Å². The van der Waals surface area contributed by atoms with Crippen molar-refractivity contribution in [3.63, 3.8) is 0 Å². The van der Waals surface area contributed by atoms with Gasteiger partial charge in [0.25, 0.3) is 5.91 Å². The third-order valence-corrected chi connectivity index (χ3v) is 4.95. The van der Waals surface area contributed by atoms with Gasteiger partial charge >= 0.3 is 6.18 Å². The van der Waals surface area contributed by atoms with Crippen molar-refractivity contribution in [2.45, 2.75) is 38.8 Å². The molecule has 2 rings (SSSR count). The summed E-state index contributed by atoms with van der Waals surface area (Å²) in [6, 6.07) is 8.84. The minimum absolute atomic E-state index is 0.0890. The van der Waals surface area contributed by atoms with Crippen LogP contribution in [0, 0.1) is 11.3 Å². The maximum Gasteiger partial charge on any atom is 0.416 e. The SMILES string of the molecule is CCCCCCOc1c(Cl)cc(/C=C(\C#N)C(=O)Nc2cccc(C(F)(F)F)c2)cc1Cl. The Morgan fingerprint density at radius 3 is 2.44 bits per heavy atom. The second-order valence-corrected chi connectivity index (χ2v) is 7.74. The summed E-state index contributed by atoms with van der Waals surface area (Å²) in [5.74, 6) is -0.552. The van der Waals surface area contributed by atoms with Gasteiger partial charge in [-0.15, -0.1) is 0 Å². The molecule has 0 radical (unpaired) electrons. The van der Waals surface area contributed by atoms with Gasteiger partial charge in [-0.1, -0.05) is 55.5 Å². The summed E-state index contributed by atoms with van der Waals surface area (Å²) in [6.45, 7) is 2.56. The van der Waals surface area contributed by atoms with Crippen LogP contribution in [-0.4, -0.2) is 12.5 Å². The van der Waals surface area contributed by atoms with Crippen LogP contribution in [0.5, 0.6) is 5.75 Å². The predicted octanol–water partition coefficient (Wildman–Crippen LogP) is 7.52. The third-order valence-electron chi connectivity index (χ3n) is 4.39. The van der Waals surface area contributed by atoms with Crippen molar-refractivity contribution < 1.29 is 22.7 Å². The zero-order valence-electron chi connectivity index (χ0n) is 17.2. The van der Waals surface area contributed by atoms with Gasteiger partial charge in [-0.25, -0.2) is 0 Å². The number of rotatable bonds is 9. The lowest BCUT2D eigenvalue weighted by Gasteiger charge is -2.11. The van der Waals surface area contributed by atoms with E-state index in [0.29, 0.717) is 17.9 Å². The number of alkyl halides is 3. The second-order valence-electron chi connectivity index (χ2n) is 6.93. The van der Waals surface area contributed by atoms with Gasteiger partial charge in [-0.3, -0.25) is 4.79 Å². The van der Waals surface area contributed by atoms with Crippen molar-refractivity contribution >= 4 is 40.9 Å². The number of ether oxygens (including phenoxy) is 1. The first-order valence-electron chi connectivity index (χ1n) is 9.88. The summed E-state index contributed by atoms with van der Waals surface area (Å²) in [7, 11) is 0. The first-order chi connectivity index (χ1) is 15.2. The van der Waals surface area contributed by atoms with Crippen molar-refractivity contribution in [2.24, 2.45) is 0 Å². The van der Waals surface area contributed by atoms with E-state index in [0.717, 1.165) is 43.9 Å². The monoisotopic (exact) mass is 484 g/mol. The highest BCUT2D eigenvalue weighted by molar-refractivity contribution is 6.37. The number of benzene rings is 2. The fourth-order valence-electron chi connectivity index (χ4n) is 2.79. The van der Waals surface area contributed by atoms with Gasteiger partial charge in [0, 0.05) is 5.69 Å². The van der Waals surface area contributed by atoms with E-state index in [4.69, 9.17) is 27.9 Å². The predicted molar refractivity (Wildman–Crippen MR) is 120 cm³/mol. The molecule has 0 saturated heterocycles. The molecule has 0 saturated carbocycles. The first-order valence-corrected chi connectivity index (χ1v) is 10.6. The Kier molecular flexibility index (Phi) is 9.42. The maximum atomic E-state index is 12.8. The van der Waals surface area contributed by atoms with Crippen molar-refractivity contribution in [1.29, 1.82) is 5.26 Å². The number of carbonyl (C=O) groups is 1. The number of hydrogen-bond donors (Lipinski definition) is 1. The molecule has 1 amide bonds. The lowest BCUT2D eigenvalue weighted by molar-refractivity contribution is -0.137. The van der Waals surface area contributed by atoms with Crippen LogP contribution >= 0.6 is 23.2 Å². The van der Waals surface area contributed by atoms with Crippen LogP contribution in [0.4, 0.5) is 18.9 Å². The molecular formula is C23H21Cl2F3N2O2. The van der Waals surface area contributed by atoms with Crippen molar-refractivity contribution in [3.8, 4) is 11.8 Å².